The van der Waals surface area contributed by atoms with Gasteiger partial charge in [-0.3, -0.25) is 4.98 Å². The highest BCUT2D eigenvalue weighted by molar-refractivity contribution is 6.16. The predicted octanol–water partition coefficient (Wildman–Crippen LogP) is 2.29. The van der Waals surface area contributed by atoms with Gasteiger partial charge in [0.05, 0.1) is 24.7 Å². The maximum Gasteiger partial charge on any atom is 0.328 e. The lowest BCUT2D eigenvalue weighted by atomic mass is 10.2. The topological polar surface area (TPSA) is 57.0 Å². The number of ether oxygens (including phenoxy) is 1. The highest BCUT2D eigenvalue weighted by atomic mass is 35.5. The molecule has 0 aliphatic carbocycles. The van der Waals surface area contributed by atoms with Gasteiger partial charge >= 0.3 is 5.97 Å². The van der Waals surface area contributed by atoms with E-state index in [0.29, 0.717) is 12.2 Å². The lowest BCUT2D eigenvalue weighted by Gasteiger charge is -2.17. The van der Waals surface area contributed by atoms with Gasteiger partial charge in [0.15, 0.2) is 0 Å². The fourth-order valence-corrected chi connectivity index (χ4v) is 2.22. The average molecular weight is 268 g/mol. The number of alkyl halides is 1. The van der Waals surface area contributed by atoms with Crippen molar-refractivity contribution in [1.82, 2.24) is 14.5 Å². The molecule has 18 heavy (non-hydrogen) atoms. The van der Waals surface area contributed by atoms with Crippen molar-refractivity contribution in [1.29, 1.82) is 0 Å². The molecule has 0 spiro atoms. The number of methoxy groups -OCH3 is 1. The smallest absolute Gasteiger partial charge is 0.328 e. The van der Waals surface area contributed by atoms with E-state index in [1.165, 1.54) is 7.11 Å². The third-order valence-electron chi connectivity index (χ3n) is 2.86. The lowest BCUT2D eigenvalue weighted by Crippen LogP contribution is -2.21. The van der Waals surface area contributed by atoms with Crippen molar-refractivity contribution in [2.75, 3.05) is 7.11 Å². The first-order valence-electron chi connectivity index (χ1n) is 5.67. The Bertz CT molecular complexity index is 567. The fourth-order valence-electron chi connectivity index (χ4n) is 2.03. The van der Waals surface area contributed by atoms with Crippen molar-refractivity contribution in [3.63, 3.8) is 0 Å². The van der Waals surface area contributed by atoms with Crippen LogP contribution in [0.25, 0.3) is 11.0 Å². The van der Waals surface area contributed by atoms with Crippen LogP contribution in [0.1, 0.15) is 25.2 Å². The Morgan fingerprint density at radius 1 is 1.61 bits per heavy atom. The van der Waals surface area contributed by atoms with Gasteiger partial charge in [-0.15, -0.1) is 11.6 Å². The van der Waals surface area contributed by atoms with Crippen LogP contribution < -0.4 is 0 Å². The number of esters is 1. The number of fused-ring (bicyclic) bond motifs is 1. The highest BCUT2D eigenvalue weighted by Crippen LogP contribution is 2.24. The van der Waals surface area contributed by atoms with E-state index in [0.717, 1.165) is 11.0 Å². The molecule has 2 rings (SSSR count). The van der Waals surface area contributed by atoms with Crippen LogP contribution in [0, 0.1) is 0 Å². The fraction of sp³-hybridized carbons (Fsp3) is 0.417. The Morgan fingerprint density at radius 3 is 3.00 bits per heavy atom. The molecule has 0 fully saturated rings. The van der Waals surface area contributed by atoms with E-state index in [1.807, 2.05) is 17.6 Å². The molecule has 0 aliphatic rings. The van der Waals surface area contributed by atoms with Crippen LogP contribution in [-0.4, -0.2) is 27.6 Å². The van der Waals surface area contributed by atoms with Crippen molar-refractivity contribution in [2.45, 2.75) is 25.3 Å². The summed E-state index contributed by atoms with van der Waals surface area (Å²) in [7, 11) is 1.38. The van der Waals surface area contributed by atoms with Crippen molar-refractivity contribution in [3.05, 3.63) is 24.3 Å². The number of pyridine rings is 1. The zero-order valence-corrected chi connectivity index (χ0v) is 11.0. The monoisotopic (exact) mass is 267 g/mol. The number of hydrogen-bond donors (Lipinski definition) is 0. The maximum absolute atomic E-state index is 11.8. The molecule has 5 nitrogen and oxygen atoms in total. The minimum atomic E-state index is -0.406. The largest absolute Gasteiger partial charge is 0.467 e. The summed E-state index contributed by atoms with van der Waals surface area (Å²) in [5.74, 6) is 0.597. The van der Waals surface area contributed by atoms with E-state index in [1.54, 1.807) is 12.4 Å². The second-order valence-corrected chi connectivity index (χ2v) is 4.11. The number of aromatic nitrogens is 3. The third-order valence-corrected chi connectivity index (χ3v) is 3.10. The normalized spacial score (nSPS) is 12.6. The minimum Gasteiger partial charge on any atom is -0.467 e. The first-order chi connectivity index (χ1) is 8.72. The number of carbonyl (C=O) groups excluding carboxylic acids is 1. The number of carbonyl (C=O) groups is 1. The van der Waals surface area contributed by atoms with Crippen molar-refractivity contribution in [3.8, 4) is 0 Å². The molecule has 1 atom stereocenters. The van der Waals surface area contributed by atoms with Crippen molar-refractivity contribution < 1.29 is 9.53 Å². The Hall–Kier alpha value is -1.62. The van der Waals surface area contributed by atoms with Gasteiger partial charge in [-0.1, -0.05) is 6.92 Å². The summed E-state index contributed by atoms with van der Waals surface area (Å²) in [5, 5.41) is 0. The van der Waals surface area contributed by atoms with Gasteiger partial charge in [-0.05, 0) is 12.5 Å². The number of hydrogen-bond acceptors (Lipinski definition) is 4. The Labute approximate surface area is 110 Å². The van der Waals surface area contributed by atoms with Gasteiger partial charge < -0.3 is 9.30 Å². The Kier molecular flexibility index (Phi) is 3.81. The summed E-state index contributed by atoms with van der Waals surface area (Å²) in [6.07, 6.45) is 3.94. The second-order valence-electron chi connectivity index (χ2n) is 3.84. The van der Waals surface area contributed by atoms with Crippen LogP contribution in [0.5, 0.6) is 0 Å². The molecule has 0 aliphatic heterocycles. The minimum absolute atomic E-state index is 0.238. The molecule has 0 saturated heterocycles. The first-order valence-corrected chi connectivity index (χ1v) is 6.21. The van der Waals surface area contributed by atoms with Gasteiger partial charge in [-0.25, -0.2) is 9.78 Å². The summed E-state index contributed by atoms with van der Waals surface area (Å²) in [5.41, 5.74) is 1.58. The van der Waals surface area contributed by atoms with Gasteiger partial charge in [0.25, 0.3) is 0 Å². The number of nitrogens with zero attached hydrogens (tertiary/aromatic N) is 3. The SMILES string of the molecule is CCC(C(=O)OC)n1c(CCl)nc2cnccc21. The van der Waals surface area contributed by atoms with Crippen LogP contribution in [-0.2, 0) is 15.4 Å². The molecule has 0 bridgehead atoms. The van der Waals surface area contributed by atoms with Crippen molar-refractivity contribution >= 4 is 28.6 Å². The molecule has 96 valence electrons. The Balaban J connectivity index is 2.63. The van der Waals surface area contributed by atoms with Crippen molar-refractivity contribution in [2.24, 2.45) is 0 Å². The molecule has 0 amide bonds. The molecule has 2 heterocycles. The standard InChI is InChI=1S/C12H14ClN3O2/c1-3-9(12(17)18-2)16-10-4-5-14-7-8(10)15-11(16)6-13/h4-5,7,9H,3,6H2,1-2H3. The highest BCUT2D eigenvalue weighted by Gasteiger charge is 2.24. The molecule has 2 aromatic heterocycles. The summed E-state index contributed by atoms with van der Waals surface area (Å²) in [6, 6.07) is 1.42. The first kappa shape index (κ1) is 12.8. The van der Waals surface area contributed by atoms with Gasteiger partial charge in [0, 0.05) is 6.20 Å². The molecule has 6 heteroatoms. The average Bonchev–Trinajstić information content (AvgIpc) is 2.78. The molecular formula is C12H14ClN3O2. The van der Waals surface area contributed by atoms with E-state index >= 15 is 0 Å². The zero-order valence-electron chi connectivity index (χ0n) is 10.3. The van der Waals surface area contributed by atoms with Gasteiger partial charge in [0.1, 0.15) is 17.4 Å². The summed E-state index contributed by atoms with van der Waals surface area (Å²) in [6.45, 7) is 1.92. The van der Waals surface area contributed by atoms with Gasteiger partial charge in [-0.2, -0.15) is 0 Å². The van der Waals surface area contributed by atoms with Crippen LogP contribution in [0.2, 0.25) is 0 Å². The molecule has 2 aromatic rings. The molecule has 0 N–H and O–H groups in total. The van der Waals surface area contributed by atoms with Crippen LogP contribution in [0.3, 0.4) is 0 Å². The molecule has 0 aromatic carbocycles. The zero-order chi connectivity index (χ0) is 13.1. The quantitative estimate of drug-likeness (QED) is 0.630. The number of imidazole rings is 1. The number of halogens is 1. The Morgan fingerprint density at radius 2 is 2.39 bits per heavy atom. The molecular weight excluding hydrogens is 254 g/mol. The van der Waals surface area contributed by atoms with E-state index in [4.69, 9.17) is 16.3 Å². The van der Waals surface area contributed by atoms with Gasteiger partial charge in [0.2, 0.25) is 0 Å². The number of rotatable bonds is 4. The van der Waals surface area contributed by atoms with E-state index in [9.17, 15) is 4.79 Å². The summed E-state index contributed by atoms with van der Waals surface area (Å²) < 4.78 is 6.66. The van der Waals surface area contributed by atoms with Crippen LogP contribution in [0.15, 0.2) is 18.5 Å². The maximum atomic E-state index is 11.8. The molecule has 0 saturated carbocycles. The summed E-state index contributed by atoms with van der Waals surface area (Å²) >= 11 is 5.90. The van der Waals surface area contributed by atoms with Crippen LogP contribution in [0.4, 0.5) is 0 Å². The molecule has 0 radical (unpaired) electrons. The molecule has 1 unspecified atom stereocenters. The van der Waals surface area contributed by atoms with E-state index in [-0.39, 0.29) is 11.8 Å². The van der Waals surface area contributed by atoms with Crippen LogP contribution >= 0.6 is 11.6 Å². The second kappa shape index (κ2) is 5.35. The predicted molar refractivity (Wildman–Crippen MR) is 68.4 cm³/mol. The van der Waals surface area contributed by atoms with E-state index in [2.05, 4.69) is 9.97 Å². The lowest BCUT2D eigenvalue weighted by molar-refractivity contribution is -0.144. The third kappa shape index (κ3) is 2.06. The van der Waals surface area contributed by atoms with E-state index < -0.39 is 6.04 Å². The summed E-state index contributed by atoms with van der Waals surface area (Å²) in [4.78, 5) is 20.2.